The summed E-state index contributed by atoms with van der Waals surface area (Å²) >= 11 is 1.32. The number of ether oxygens (including phenoxy) is 1. The fourth-order valence-electron chi connectivity index (χ4n) is 2.29. The number of hydrogen-bond acceptors (Lipinski definition) is 5. The van der Waals surface area contributed by atoms with Crippen LogP contribution in [-0.2, 0) is 21.3 Å². The minimum Gasteiger partial charge on any atom is -0.380 e. The highest BCUT2D eigenvalue weighted by molar-refractivity contribution is 7.91. The van der Waals surface area contributed by atoms with Crippen molar-refractivity contribution in [2.45, 2.75) is 55.9 Å². The van der Waals surface area contributed by atoms with Gasteiger partial charge in [0.1, 0.15) is 4.21 Å². The number of thiophene rings is 1. The molecule has 1 aliphatic heterocycles. The summed E-state index contributed by atoms with van der Waals surface area (Å²) in [6.07, 6.45) is 1.69. The lowest BCUT2D eigenvalue weighted by Gasteiger charge is -2.33. The van der Waals surface area contributed by atoms with Gasteiger partial charge in [-0.1, -0.05) is 13.8 Å². The van der Waals surface area contributed by atoms with Crippen LogP contribution in [-0.4, -0.2) is 33.2 Å². The van der Waals surface area contributed by atoms with E-state index in [1.54, 1.807) is 6.07 Å². The van der Waals surface area contributed by atoms with E-state index >= 15 is 0 Å². The lowest BCUT2D eigenvalue weighted by Crippen LogP contribution is -2.51. The standard InChI is InChI=1S/C14H24N2O3S2/c1-11(2)15-9-12-5-6-13(20-12)21(17,18)16-14(3)7-4-8-19-10-14/h5-6,11,15-16H,4,7-10H2,1-3H3. The van der Waals surface area contributed by atoms with Crippen molar-refractivity contribution in [2.75, 3.05) is 13.2 Å². The molecule has 0 aromatic carbocycles. The van der Waals surface area contributed by atoms with Gasteiger partial charge in [0.2, 0.25) is 0 Å². The van der Waals surface area contributed by atoms with Crippen molar-refractivity contribution < 1.29 is 13.2 Å². The van der Waals surface area contributed by atoms with Crippen molar-refractivity contribution in [3.05, 3.63) is 17.0 Å². The number of rotatable bonds is 6. The molecule has 7 heteroatoms. The van der Waals surface area contributed by atoms with Crippen LogP contribution in [0, 0.1) is 0 Å². The molecule has 1 atom stereocenters. The van der Waals surface area contributed by atoms with E-state index < -0.39 is 15.6 Å². The molecule has 1 saturated heterocycles. The Morgan fingerprint density at radius 2 is 2.19 bits per heavy atom. The third-order valence-corrected chi connectivity index (χ3v) is 6.62. The van der Waals surface area contributed by atoms with Crippen LogP contribution in [0.1, 0.15) is 38.5 Å². The molecule has 5 nitrogen and oxygen atoms in total. The minimum atomic E-state index is -3.48. The second-order valence-corrected chi connectivity index (χ2v) is 9.16. The van der Waals surface area contributed by atoms with Crippen LogP contribution in [0.4, 0.5) is 0 Å². The first kappa shape index (κ1) is 16.9. The van der Waals surface area contributed by atoms with Crippen molar-refractivity contribution in [1.29, 1.82) is 0 Å². The van der Waals surface area contributed by atoms with Crippen molar-refractivity contribution in [3.63, 3.8) is 0 Å². The maximum Gasteiger partial charge on any atom is 0.250 e. The van der Waals surface area contributed by atoms with E-state index in [0.717, 1.165) is 17.7 Å². The van der Waals surface area contributed by atoms with Crippen molar-refractivity contribution in [2.24, 2.45) is 0 Å². The van der Waals surface area contributed by atoms with Gasteiger partial charge >= 0.3 is 0 Å². The SMILES string of the molecule is CC(C)NCc1ccc(S(=O)(=O)NC2(C)CCCOC2)s1. The summed E-state index contributed by atoms with van der Waals surface area (Å²) in [6, 6.07) is 3.93. The molecule has 1 aliphatic rings. The quantitative estimate of drug-likeness (QED) is 0.837. The molecule has 2 heterocycles. The average molecular weight is 332 g/mol. The number of hydrogen-bond donors (Lipinski definition) is 2. The fraction of sp³-hybridized carbons (Fsp3) is 0.714. The molecule has 1 aromatic heterocycles. The first-order valence-electron chi connectivity index (χ1n) is 7.25. The molecule has 0 amide bonds. The van der Waals surface area contributed by atoms with E-state index in [2.05, 4.69) is 23.9 Å². The summed E-state index contributed by atoms with van der Waals surface area (Å²) in [5.41, 5.74) is -0.503. The number of sulfonamides is 1. The highest BCUT2D eigenvalue weighted by Gasteiger charge is 2.33. The Hall–Kier alpha value is -0.470. The normalized spacial score (nSPS) is 23.6. The van der Waals surface area contributed by atoms with Crippen LogP contribution in [0.15, 0.2) is 16.3 Å². The van der Waals surface area contributed by atoms with Gasteiger partial charge in [0.25, 0.3) is 10.0 Å². The molecule has 21 heavy (non-hydrogen) atoms. The summed E-state index contributed by atoms with van der Waals surface area (Å²) < 4.78 is 33.5. The highest BCUT2D eigenvalue weighted by Crippen LogP contribution is 2.26. The van der Waals surface area contributed by atoms with Crippen LogP contribution in [0.3, 0.4) is 0 Å². The Morgan fingerprint density at radius 1 is 1.43 bits per heavy atom. The van der Waals surface area contributed by atoms with Crippen LogP contribution >= 0.6 is 11.3 Å². The maximum atomic E-state index is 12.5. The predicted molar refractivity (Wildman–Crippen MR) is 85.1 cm³/mol. The third-order valence-electron chi connectivity index (χ3n) is 3.41. The molecular weight excluding hydrogens is 308 g/mol. The van der Waals surface area contributed by atoms with Gasteiger partial charge in [0.15, 0.2) is 0 Å². The van der Waals surface area contributed by atoms with E-state index in [0.29, 0.717) is 30.0 Å². The van der Waals surface area contributed by atoms with Gasteiger partial charge in [-0.3, -0.25) is 0 Å². The second kappa shape index (κ2) is 6.75. The lowest BCUT2D eigenvalue weighted by atomic mass is 9.97. The van der Waals surface area contributed by atoms with E-state index in [-0.39, 0.29) is 0 Å². The molecule has 120 valence electrons. The molecular formula is C14H24N2O3S2. The molecule has 1 unspecified atom stereocenters. The van der Waals surface area contributed by atoms with Crippen LogP contribution < -0.4 is 10.0 Å². The minimum absolute atomic E-state index is 0.370. The molecule has 0 radical (unpaired) electrons. The fourth-order valence-corrected chi connectivity index (χ4v) is 5.02. The van der Waals surface area contributed by atoms with Crippen molar-refractivity contribution in [3.8, 4) is 0 Å². The molecule has 2 rings (SSSR count). The van der Waals surface area contributed by atoms with E-state index in [4.69, 9.17) is 4.74 Å². The van der Waals surface area contributed by atoms with Crippen molar-refractivity contribution in [1.82, 2.24) is 10.0 Å². The van der Waals surface area contributed by atoms with Gasteiger partial charge in [0.05, 0.1) is 12.1 Å². The summed E-state index contributed by atoms with van der Waals surface area (Å²) in [5, 5.41) is 3.29. The van der Waals surface area contributed by atoms with Gasteiger partial charge in [-0.25, -0.2) is 13.1 Å². The monoisotopic (exact) mass is 332 g/mol. The molecule has 0 saturated carbocycles. The van der Waals surface area contributed by atoms with Crippen LogP contribution in [0.25, 0.3) is 0 Å². The third kappa shape index (κ3) is 4.75. The predicted octanol–water partition coefficient (Wildman–Crippen LogP) is 2.09. The summed E-state index contributed by atoms with van der Waals surface area (Å²) in [6.45, 7) is 7.87. The van der Waals surface area contributed by atoms with E-state index in [9.17, 15) is 8.42 Å². The Morgan fingerprint density at radius 3 is 2.81 bits per heavy atom. The topological polar surface area (TPSA) is 67.4 Å². The van der Waals surface area contributed by atoms with E-state index in [1.165, 1.54) is 11.3 Å². The zero-order valence-electron chi connectivity index (χ0n) is 12.8. The molecule has 1 aromatic rings. The van der Waals surface area contributed by atoms with Crippen LogP contribution in [0.5, 0.6) is 0 Å². The molecule has 1 fully saturated rings. The van der Waals surface area contributed by atoms with Crippen molar-refractivity contribution >= 4 is 21.4 Å². The van der Waals surface area contributed by atoms with Gasteiger partial charge in [-0.2, -0.15) is 0 Å². The van der Waals surface area contributed by atoms with Gasteiger partial charge < -0.3 is 10.1 Å². The Labute approximate surface area is 131 Å². The molecule has 2 N–H and O–H groups in total. The average Bonchev–Trinajstić information content (AvgIpc) is 2.85. The summed E-state index contributed by atoms with van der Waals surface area (Å²) in [7, 11) is -3.48. The van der Waals surface area contributed by atoms with Gasteiger partial charge in [-0.15, -0.1) is 11.3 Å². The summed E-state index contributed by atoms with van der Waals surface area (Å²) in [4.78, 5) is 1.02. The molecule has 0 spiro atoms. The Kier molecular flexibility index (Phi) is 5.43. The van der Waals surface area contributed by atoms with Gasteiger partial charge in [0, 0.05) is 24.1 Å². The van der Waals surface area contributed by atoms with Gasteiger partial charge in [-0.05, 0) is 31.9 Å². The Balaban J connectivity index is 2.05. The second-order valence-electron chi connectivity index (χ2n) is 6.08. The smallest absolute Gasteiger partial charge is 0.250 e. The largest absolute Gasteiger partial charge is 0.380 e. The first-order chi connectivity index (χ1) is 9.81. The zero-order valence-corrected chi connectivity index (χ0v) is 14.4. The molecule has 0 aliphatic carbocycles. The molecule has 0 bridgehead atoms. The highest BCUT2D eigenvalue weighted by atomic mass is 32.2. The van der Waals surface area contributed by atoms with Crippen LogP contribution in [0.2, 0.25) is 0 Å². The zero-order chi connectivity index (χ0) is 15.5. The maximum absolute atomic E-state index is 12.5. The lowest BCUT2D eigenvalue weighted by molar-refractivity contribution is 0.0387. The first-order valence-corrected chi connectivity index (χ1v) is 9.55. The number of nitrogens with one attached hydrogen (secondary N) is 2. The Bertz CT molecular complexity index is 561. The van der Waals surface area contributed by atoms with E-state index in [1.807, 2.05) is 13.0 Å². The summed E-state index contributed by atoms with van der Waals surface area (Å²) in [5.74, 6) is 0.